The highest BCUT2D eigenvalue weighted by molar-refractivity contribution is 5.92. The zero-order chi connectivity index (χ0) is 22.7. The highest BCUT2D eigenvalue weighted by Crippen LogP contribution is 2.30. The predicted molar refractivity (Wildman–Crippen MR) is 136 cm³/mol. The molecule has 0 saturated carbocycles. The molecule has 0 bridgehead atoms. The molecule has 1 atom stereocenters. The summed E-state index contributed by atoms with van der Waals surface area (Å²) in [4.78, 5) is 17.5. The van der Waals surface area contributed by atoms with Gasteiger partial charge in [0.1, 0.15) is 17.8 Å². The average Bonchev–Trinajstić information content (AvgIpc) is 3.56. The predicted octanol–water partition coefficient (Wildman–Crippen LogP) is 2.95. The van der Waals surface area contributed by atoms with Gasteiger partial charge in [0.05, 0.1) is 18.6 Å². The van der Waals surface area contributed by atoms with Gasteiger partial charge < -0.3 is 25.3 Å². The summed E-state index contributed by atoms with van der Waals surface area (Å²) >= 11 is 0. The molecule has 3 aliphatic rings. The summed E-state index contributed by atoms with van der Waals surface area (Å²) in [7, 11) is 0. The van der Waals surface area contributed by atoms with Crippen molar-refractivity contribution in [3.8, 4) is 11.3 Å². The fourth-order valence-corrected chi connectivity index (χ4v) is 5.67. The number of benzene rings is 1. The summed E-state index contributed by atoms with van der Waals surface area (Å²) < 4.78 is 5.50. The van der Waals surface area contributed by atoms with Crippen molar-refractivity contribution in [3.05, 3.63) is 36.7 Å². The third-order valence-electron chi connectivity index (χ3n) is 7.65. The molecule has 8 heteroatoms. The first-order chi connectivity index (χ1) is 16.8. The molecule has 1 aromatic carbocycles. The van der Waals surface area contributed by atoms with E-state index in [0.717, 1.165) is 72.9 Å². The van der Waals surface area contributed by atoms with E-state index in [2.05, 4.69) is 65.7 Å². The molecule has 3 aromatic rings. The van der Waals surface area contributed by atoms with Gasteiger partial charge in [-0.1, -0.05) is 12.1 Å². The first-order valence-electron chi connectivity index (χ1n) is 12.8. The normalized spacial score (nSPS) is 22.5. The van der Waals surface area contributed by atoms with Crippen molar-refractivity contribution in [2.45, 2.75) is 25.3 Å². The number of aromatic amines is 1. The molecule has 2 aromatic heterocycles. The van der Waals surface area contributed by atoms with Crippen LogP contribution in [0.25, 0.3) is 22.3 Å². The van der Waals surface area contributed by atoms with Crippen molar-refractivity contribution < 1.29 is 4.74 Å². The lowest BCUT2D eigenvalue weighted by Crippen LogP contribution is -2.42. The van der Waals surface area contributed by atoms with Gasteiger partial charge in [-0.2, -0.15) is 0 Å². The van der Waals surface area contributed by atoms with Gasteiger partial charge in [-0.15, -0.1) is 0 Å². The third-order valence-corrected chi connectivity index (χ3v) is 7.65. The Bertz CT molecular complexity index is 1090. The lowest BCUT2D eigenvalue weighted by molar-refractivity contribution is 0.122. The number of piperidine rings is 1. The monoisotopic (exact) mass is 461 g/mol. The quantitative estimate of drug-likeness (QED) is 0.521. The second-order valence-electron chi connectivity index (χ2n) is 9.83. The molecule has 3 N–H and O–H groups in total. The van der Waals surface area contributed by atoms with Crippen molar-refractivity contribution in [1.29, 1.82) is 0 Å². The fraction of sp³-hybridized carbons (Fsp3) is 0.538. The van der Waals surface area contributed by atoms with Gasteiger partial charge in [0.25, 0.3) is 0 Å². The molecule has 3 aliphatic heterocycles. The SMILES string of the molecule is c1nc(N2CCOCC2)c2cc(-c3ccc(NC[C@@H]4CCN(C5CCNCC5)C4)cc3)[nH]c2n1. The van der Waals surface area contributed by atoms with Crippen LogP contribution in [0, 0.1) is 5.92 Å². The maximum atomic E-state index is 5.50. The van der Waals surface area contributed by atoms with Crippen molar-refractivity contribution >= 4 is 22.5 Å². The summed E-state index contributed by atoms with van der Waals surface area (Å²) in [5, 5.41) is 8.23. The molecule has 0 radical (unpaired) electrons. The number of rotatable bonds is 6. The summed E-state index contributed by atoms with van der Waals surface area (Å²) in [6, 6.07) is 11.7. The second kappa shape index (κ2) is 9.90. The Morgan fingerprint density at radius 2 is 1.82 bits per heavy atom. The van der Waals surface area contributed by atoms with Gasteiger partial charge >= 0.3 is 0 Å². The van der Waals surface area contributed by atoms with Crippen LogP contribution < -0.4 is 15.5 Å². The number of H-pyrrole nitrogens is 1. The van der Waals surface area contributed by atoms with Crippen LogP contribution in [0.1, 0.15) is 19.3 Å². The van der Waals surface area contributed by atoms with E-state index in [0.29, 0.717) is 0 Å². The number of ether oxygens (including phenoxy) is 1. The van der Waals surface area contributed by atoms with Crippen LogP contribution in [0.3, 0.4) is 0 Å². The third kappa shape index (κ3) is 4.62. The van der Waals surface area contributed by atoms with Gasteiger partial charge in [0.2, 0.25) is 0 Å². The molecule has 5 heterocycles. The maximum absolute atomic E-state index is 5.50. The van der Waals surface area contributed by atoms with Gasteiger partial charge in [-0.25, -0.2) is 9.97 Å². The van der Waals surface area contributed by atoms with Crippen molar-refractivity contribution in [2.24, 2.45) is 5.92 Å². The Kier molecular flexibility index (Phi) is 6.35. The zero-order valence-electron chi connectivity index (χ0n) is 19.8. The Morgan fingerprint density at radius 3 is 2.65 bits per heavy atom. The molecule has 6 rings (SSSR count). The summed E-state index contributed by atoms with van der Waals surface area (Å²) in [5.74, 6) is 1.73. The van der Waals surface area contributed by atoms with E-state index in [-0.39, 0.29) is 0 Å². The number of nitrogens with one attached hydrogen (secondary N) is 3. The van der Waals surface area contributed by atoms with E-state index < -0.39 is 0 Å². The van der Waals surface area contributed by atoms with Gasteiger partial charge in [0, 0.05) is 43.6 Å². The van der Waals surface area contributed by atoms with Crippen LogP contribution in [-0.4, -0.2) is 84.9 Å². The molecule has 0 unspecified atom stereocenters. The minimum atomic E-state index is 0.737. The zero-order valence-corrected chi connectivity index (χ0v) is 19.8. The molecular weight excluding hydrogens is 426 g/mol. The molecular formula is C26H35N7O. The minimum absolute atomic E-state index is 0.737. The number of anilines is 2. The van der Waals surface area contributed by atoms with Crippen molar-refractivity contribution in [2.75, 3.05) is 69.2 Å². The second-order valence-corrected chi connectivity index (χ2v) is 9.83. The van der Waals surface area contributed by atoms with Gasteiger partial charge in [0.15, 0.2) is 0 Å². The van der Waals surface area contributed by atoms with Crippen LogP contribution in [-0.2, 0) is 4.74 Å². The van der Waals surface area contributed by atoms with E-state index in [1.807, 2.05) is 0 Å². The van der Waals surface area contributed by atoms with E-state index in [1.54, 1.807) is 6.33 Å². The number of hydrogen-bond acceptors (Lipinski definition) is 7. The largest absolute Gasteiger partial charge is 0.385 e. The Hall–Kier alpha value is -2.68. The van der Waals surface area contributed by atoms with Crippen LogP contribution in [0.15, 0.2) is 36.7 Å². The lowest BCUT2D eigenvalue weighted by atomic mass is 10.1. The van der Waals surface area contributed by atoms with Crippen molar-refractivity contribution in [3.63, 3.8) is 0 Å². The van der Waals surface area contributed by atoms with E-state index in [9.17, 15) is 0 Å². The molecule has 34 heavy (non-hydrogen) atoms. The van der Waals surface area contributed by atoms with Crippen LogP contribution in [0.4, 0.5) is 11.5 Å². The lowest BCUT2D eigenvalue weighted by Gasteiger charge is -2.31. The van der Waals surface area contributed by atoms with Crippen molar-refractivity contribution in [1.82, 2.24) is 25.2 Å². The first-order valence-corrected chi connectivity index (χ1v) is 12.8. The topological polar surface area (TPSA) is 81.3 Å². The van der Waals surface area contributed by atoms with Crippen LogP contribution in [0.2, 0.25) is 0 Å². The Labute approximate surface area is 201 Å². The minimum Gasteiger partial charge on any atom is -0.385 e. The highest BCUT2D eigenvalue weighted by Gasteiger charge is 2.28. The standard InChI is InChI=1S/C26H35N7O/c1-3-21(28-16-19-7-10-33(17-19)22-5-8-27-9-6-22)4-2-20(1)24-15-23-25(31-24)29-18-30-26(23)32-11-13-34-14-12-32/h1-4,15,18-19,22,27-28H,5-14,16-17H2,(H,29,30,31)/t19-/m0/s1. The number of likely N-dealkylation sites (tertiary alicyclic amines) is 1. The molecule has 180 valence electrons. The summed E-state index contributed by atoms with van der Waals surface area (Å²) in [5.41, 5.74) is 4.31. The summed E-state index contributed by atoms with van der Waals surface area (Å²) in [6.07, 6.45) is 5.55. The average molecular weight is 462 g/mol. The smallest absolute Gasteiger partial charge is 0.143 e. The Morgan fingerprint density at radius 1 is 1.00 bits per heavy atom. The van der Waals surface area contributed by atoms with Gasteiger partial charge in [-0.3, -0.25) is 4.90 Å². The van der Waals surface area contributed by atoms with E-state index >= 15 is 0 Å². The fourth-order valence-electron chi connectivity index (χ4n) is 5.67. The van der Waals surface area contributed by atoms with E-state index in [1.165, 1.54) is 51.1 Å². The number of fused-ring (bicyclic) bond motifs is 1. The Balaban J connectivity index is 1.09. The molecule has 0 amide bonds. The number of aromatic nitrogens is 3. The first kappa shape index (κ1) is 21.8. The van der Waals surface area contributed by atoms with Gasteiger partial charge in [-0.05, 0) is 68.6 Å². The summed E-state index contributed by atoms with van der Waals surface area (Å²) in [6.45, 7) is 9.10. The number of morpholine rings is 1. The molecule has 3 fully saturated rings. The number of hydrogen-bond donors (Lipinski definition) is 3. The molecule has 0 spiro atoms. The van der Waals surface area contributed by atoms with Crippen LogP contribution in [0.5, 0.6) is 0 Å². The highest BCUT2D eigenvalue weighted by atomic mass is 16.5. The maximum Gasteiger partial charge on any atom is 0.143 e. The molecule has 0 aliphatic carbocycles. The van der Waals surface area contributed by atoms with Crippen LogP contribution >= 0.6 is 0 Å². The van der Waals surface area contributed by atoms with E-state index in [4.69, 9.17) is 4.74 Å². The molecule has 8 nitrogen and oxygen atoms in total. The number of nitrogens with zero attached hydrogens (tertiary/aromatic N) is 4. The molecule has 3 saturated heterocycles.